The molecule has 1 N–H and O–H groups in total. The third-order valence-electron chi connectivity index (χ3n) is 2.98. The average Bonchev–Trinajstić information content (AvgIpc) is 2.55. The highest BCUT2D eigenvalue weighted by atomic mass is 19.3. The van der Waals surface area contributed by atoms with E-state index in [-0.39, 0.29) is 18.3 Å². The molecule has 0 saturated carbocycles. The van der Waals surface area contributed by atoms with Gasteiger partial charge in [0.25, 0.3) is 0 Å². The zero-order valence-corrected chi connectivity index (χ0v) is 12.4. The van der Waals surface area contributed by atoms with Gasteiger partial charge in [0.15, 0.2) is 0 Å². The summed E-state index contributed by atoms with van der Waals surface area (Å²) in [6.45, 7) is -2.22. The molecule has 122 valence electrons. The molecule has 6 heteroatoms. The van der Waals surface area contributed by atoms with Crippen LogP contribution in [0.5, 0.6) is 5.75 Å². The van der Waals surface area contributed by atoms with Gasteiger partial charge >= 0.3 is 6.61 Å². The normalized spacial score (nSPS) is 10.6. The van der Waals surface area contributed by atoms with Gasteiger partial charge in [-0.25, -0.2) is 0 Å². The summed E-state index contributed by atoms with van der Waals surface area (Å²) in [5, 5.41) is 2.69. The Balaban J connectivity index is 1.67. The number of benzene rings is 2. The second kappa shape index (κ2) is 8.85. The standard InChI is InChI=1S/C17H17F2NO3/c18-17(19)23-15-8-6-13(7-9-15)10-20-16(21)12-22-11-14-4-2-1-3-5-14/h1-9,17H,10-12H2,(H,20,21). The molecule has 0 aliphatic rings. The lowest BCUT2D eigenvalue weighted by molar-refractivity contribution is -0.126. The molecule has 0 saturated heterocycles. The molecular weight excluding hydrogens is 304 g/mol. The van der Waals surface area contributed by atoms with E-state index in [4.69, 9.17) is 4.74 Å². The zero-order valence-electron chi connectivity index (χ0n) is 12.4. The lowest BCUT2D eigenvalue weighted by Gasteiger charge is -2.08. The zero-order chi connectivity index (χ0) is 16.5. The Labute approximate surface area is 133 Å². The minimum absolute atomic E-state index is 0.0402. The van der Waals surface area contributed by atoms with Gasteiger partial charge in [0.1, 0.15) is 12.4 Å². The van der Waals surface area contributed by atoms with Gasteiger partial charge in [0.05, 0.1) is 6.61 Å². The Morgan fingerprint density at radius 3 is 2.35 bits per heavy atom. The first-order valence-electron chi connectivity index (χ1n) is 7.05. The molecule has 4 nitrogen and oxygen atoms in total. The van der Waals surface area contributed by atoms with Crippen LogP contribution in [0, 0.1) is 0 Å². The summed E-state index contributed by atoms with van der Waals surface area (Å²) < 4.78 is 33.6. The molecule has 2 aromatic carbocycles. The van der Waals surface area contributed by atoms with E-state index in [9.17, 15) is 13.6 Å². The van der Waals surface area contributed by atoms with Gasteiger partial charge in [0.2, 0.25) is 5.91 Å². The van der Waals surface area contributed by atoms with Crippen LogP contribution in [0.15, 0.2) is 54.6 Å². The van der Waals surface area contributed by atoms with Crippen LogP contribution in [0.3, 0.4) is 0 Å². The summed E-state index contributed by atoms with van der Waals surface area (Å²) in [4.78, 5) is 11.7. The largest absolute Gasteiger partial charge is 0.435 e. The van der Waals surface area contributed by atoms with Crippen LogP contribution >= 0.6 is 0 Å². The molecule has 0 fully saturated rings. The Kier molecular flexibility index (Phi) is 6.50. The van der Waals surface area contributed by atoms with Crippen molar-refractivity contribution in [2.75, 3.05) is 6.61 Å². The monoisotopic (exact) mass is 321 g/mol. The van der Waals surface area contributed by atoms with E-state index in [1.54, 1.807) is 12.1 Å². The Hall–Kier alpha value is -2.47. The minimum atomic E-state index is -2.85. The molecule has 0 atom stereocenters. The Bertz CT molecular complexity index is 603. The second-order valence-corrected chi connectivity index (χ2v) is 4.78. The number of halogens is 2. The van der Waals surface area contributed by atoms with Crippen molar-refractivity contribution in [3.05, 3.63) is 65.7 Å². The number of amides is 1. The van der Waals surface area contributed by atoms with Crippen LogP contribution in [0.2, 0.25) is 0 Å². The third kappa shape index (κ3) is 6.44. The number of ether oxygens (including phenoxy) is 2. The quantitative estimate of drug-likeness (QED) is 0.812. The van der Waals surface area contributed by atoms with Crippen molar-refractivity contribution < 1.29 is 23.0 Å². The molecule has 0 aliphatic carbocycles. The van der Waals surface area contributed by atoms with Crippen molar-refractivity contribution in [2.24, 2.45) is 0 Å². The van der Waals surface area contributed by atoms with Gasteiger partial charge in [-0.3, -0.25) is 4.79 Å². The first-order chi connectivity index (χ1) is 11.1. The fraction of sp³-hybridized carbons (Fsp3) is 0.235. The van der Waals surface area contributed by atoms with Gasteiger partial charge in [-0.1, -0.05) is 42.5 Å². The van der Waals surface area contributed by atoms with Crippen LogP contribution < -0.4 is 10.1 Å². The van der Waals surface area contributed by atoms with Crippen molar-refractivity contribution in [1.29, 1.82) is 0 Å². The lowest BCUT2D eigenvalue weighted by Crippen LogP contribution is -2.27. The molecule has 0 unspecified atom stereocenters. The van der Waals surface area contributed by atoms with Gasteiger partial charge in [-0.05, 0) is 23.3 Å². The molecule has 1 amide bonds. The number of carbonyl (C=O) groups is 1. The fourth-order valence-corrected chi connectivity index (χ4v) is 1.88. The maximum Gasteiger partial charge on any atom is 0.387 e. The predicted octanol–water partition coefficient (Wildman–Crippen LogP) is 3.12. The van der Waals surface area contributed by atoms with Crippen molar-refractivity contribution >= 4 is 5.91 Å². The Morgan fingerprint density at radius 1 is 1.00 bits per heavy atom. The maximum absolute atomic E-state index is 12.0. The smallest absolute Gasteiger partial charge is 0.387 e. The molecule has 0 heterocycles. The average molecular weight is 321 g/mol. The van der Waals surface area contributed by atoms with E-state index in [0.29, 0.717) is 13.2 Å². The van der Waals surface area contributed by atoms with Crippen molar-refractivity contribution in [3.63, 3.8) is 0 Å². The highest BCUT2D eigenvalue weighted by Crippen LogP contribution is 2.14. The third-order valence-corrected chi connectivity index (χ3v) is 2.98. The summed E-state index contributed by atoms with van der Waals surface area (Å²) in [7, 11) is 0. The summed E-state index contributed by atoms with van der Waals surface area (Å²) in [5.74, 6) is -0.157. The van der Waals surface area contributed by atoms with Crippen LogP contribution in [0.1, 0.15) is 11.1 Å². The van der Waals surface area contributed by atoms with Crippen molar-refractivity contribution in [3.8, 4) is 5.75 Å². The van der Waals surface area contributed by atoms with Crippen LogP contribution in [0.25, 0.3) is 0 Å². The van der Waals surface area contributed by atoms with Crippen LogP contribution in [0.4, 0.5) is 8.78 Å². The lowest BCUT2D eigenvalue weighted by atomic mass is 10.2. The Morgan fingerprint density at radius 2 is 1.70 bits per heavy atom. The molecule has 0 radical (unpaired) electrons. The summed E-state index contributed by atoms with van der Waals surface area (Å²) in [6, 6.07) is 15.6. The van der Waals surface area contributed by atoms with Crippen LogP contribution in [-0.2, 0) is 22.7 Å². The highest BCUT2D eigenvalue weighted by Gasteiger charge is 2.05. The van der Waals surface area contributed by atoms with E-state index in [1.807, 2.05) is 30.3 Å². The molecule has 23 heavy (non-hydrogen) atoms. The first-order valence-corrected chi connectivity index (χ1v) is 7.05. The topological polar surface area (TPSA) is 47.6 Å². The molecule has 0 aromatic heterocycles. The number of hydrogen-bond donors (Lipinski definition) is 1. The summed E-state index contributed by atoms with van der Waals surface area (Å²) in [6.07, 6.45) is 0. The summed E-state index contributed by atoms with van der Waals surface area (Å²) in [5.41, 5.74) is 1.78. The fourth-order valence-electron chi connectivity index (χ4n) is 1.88. The van der Waals surface area contributed by atoms with E-state index in [2.05, 4.69) is 10.1 Å². The maximum atomic E-state index is 12.0. The number of alkyl halides is 2. The first kappa shape index (κ1) is 16.9. The van der Waals surface area contributed by atoms with Gasteiger partial charge in [-0.2, -0.15) is 8.78 Å². The highest BCUT2D eigenvalue weighted by molar-refractivity contribution is 5.77. The van der Waals surface area contributed by atoms with Gasteiger partial charge in [-0.15, -0.1) is 0 Å². The number of hydrogen-bond acceptors (Lipinski definition) is 3. The minimum Gasteiger partial charge on any atom is -0.435 e. The van der Waals surface area contributed by atoms with Crippen molar-refractivity contribution in [2.45, 2.75) is 19.8 Å². The predicted molar refractivity (Wildman–Crippen MR) is 81.0 cm³/mol. The molecule has 0 spiro atoms. The molecule has 2 aromatic rings. The second-order valence-electron chi connectivity index (χ2n) is 4.78. The van der Waals surface area contributed by atoms with E-state index in [0.717, 1.165) is 11.1 Å². The number of rotatable bonds is 8. The van der Waals surface area contributed by atoms with E-state index in [1.165, 1.54) is 12.1 Å². The molecule has 2 rings (SSSR count). The molecular formula is C17H17F2NO3. The summed E-state index contributed by atoms with van der Waals surface area (Å²) >= 11 is 0. The van der Waals surface area contributed by atoms with E-state index >= 15 is 0 Å². The van der Waals surface area contributed by atoms with Crippen LogP contribution in [-0.4, -0.2) is 19.1 Å². The molecule has 0 bridgehead atoms. The van der Waals surface area contributed by atoms with Gasteiger partial charge in [0, 0.05) is 6.54 Å². The molecule has 0 aliphatic heterocycles. The van der Waals surface area contributed by atoms with E-state index < -0.39 is 6.61 Å². The number of nitrogens with one attached hydrogen (secondary N) is 1. The SMILES string of the molecule is O=C(COCc1ccccc1)NCc1ccc(OC(F)F)cc1. The number of carbonyl (C=O) groups excluding carboxylic acids is 1. The van der Waals surface area contributed by atoms with Gasteiger partial charge < -0.3 is 14.8 Å². The van der Waals surface area contributed by atoms with Crippen molar-refractivity contribution in [1.82, 2.24) is 5.32 Å².